The van der Waals surface area contributed by atoms with Crippen LogP contribution in [0.1, 0.15) is 23.3 Å². The maximum Gasteiger partial charge on any atom is 0.272 e. The first kappa shape index (κ1) is 15.8. The van der Waals surface area contributed by atoms with Crippen molar-refractivity contribution in [1.82, 2.24) is 25.4 Å². The summed E-state index contributed by atoms with van der Waals surface area (Å²) in [6, 6.07) is 10.1. The van der Waals surface area contributed by atoms with Crippen molar-refractivity contribution in [1.29, 1.82) is 0 Å². The van der Waals surface area contributed by atoms with Crippen LogP contribution >= 0.6 is 0 Å². The molecule has 0 bridgehead atoms. The number of piperidine rings is 1. The Kier molecular flexibility index (Phi) is 4.19. The third-order valence-corrected chi connectivity index (χ3v) is 4.82. The summed E-state index contributed by atoms with van der Waals surface area (Å²) in [6.07, 6.45) is 5.51. The molecule has 6 heteroatoms. The van der Waals surface area contributed by atoms with Crippen LogP contribution in [0.15, 0.2) is 42.7 Å². The van der Waals surface area contributed by atoms with Crippen molar-refractivity contribution in [3.63, 3.8) is 0 Å². The van der Waals surface area contributed by atoms with Gasteiger partial charge in [-0.2, -0.15) is 5.10 Å². The van der Waals surface area contributed by atoms with Crippen LogP contribution in [0.5, 0.6) is 0 Å². The van der Waals surface area contributed by atoms with Gasteiger partial charge in [0, 0.05) is 29.4 Å². The number of nitrogens with zero attached hydrogens (tertiary/aromatic N) is 3. The molecule has 0 aliphatic carbocycles. The van der Waals surface area contributed by atoms with Gasteiger partial charge in [-0.05, 0) is 56.7 Å². The zero-order valence-corrected chi connectivity index (χ0v) is 14.2. The molecule has 6 nitrogen and oxygen atoms in total. The predicted octanol–water partition coefficient (Wildman–Crippen LogP) is 2.45. The van der Waals surface area contributed by atoms with Crippen LogP contribution in [0.3, 0.4) is 0 Å². The van der Waals surface area contributed by atoms with Crippen molar-refractivity contribution >= 4 is 16.8 Å². The Balaban J connectivity index is 1.57. The number of aromatic amines is 1. The van der Waals surface area contributed by atoms with E-state index in [2.05, 4.69) is 32.4 Å². The molecule has 1 amide bonds. The Labute approximate surface area is 146 Å². The highest BCUT2D eigenvalue weighted by Crippen LogP contribution is 2.25. The molecule has 4 rings (SSSR count). The molecule has 0 unspecified atom stereocenters. The highest BCUT2D eigenvalue weighted by Gasteiger charge is 2.22. The quantitative estimate of drug-likeness (QED) is 0.771. The number of fused-ring (bicyclic) bond motifs is 1. The van der Waals surface area contributed by atoms with Crippen LogP contribution in [0.25, 0.3) is 22.0 Å². The number of carbonyl (C=O) groups excluding carboxylic acids is 1. The number of H-pyrrole nitrogens is 1. The Morgan fingerprint density at radius 3 is 2.96 bits per heavy atom. The molecule has 1 aromatic carbocycles. The molecule has 0 radical (unpaired) electrons. The Hall–Kier alpha value is -2.73. The van der Waals surface area contributed by atoms with Crippen molar-refractivity contribution in [3.05, 3.63) is 48.4 Å². The van der Waals surface area contributed by atoms with Crippen molar-refractivity contribution in [2.24, 2.45) is 0 Å². The summed E-state index contributed by atoms with van der Waals surface area (Å²) in [5, 5.41) is 11.2. The summed E-state index contributed by atoms with van der Waals surface area (Å²) >= 11 is 0. The number of likely N-dealkylation sites (tertiary alicyclic amines) is 1. The van der Waals surface area contributed by atoms with E-state index in [1.807, 2.05) is 30.3 Å². The summed E-state index contributed by atoms with van der Waals surface area (Å²) in [5.41, 5.74) is 3.16. The van der Waals surface area contributed by atoms with Crippen molar-refractivity contribution in [2.75, 3.05) is 20.1 Å². The zero-order valence-electron chi connectivity index (χ0n) is 14.2. The number of rotatable bonds is 3. The smallest absolute Gasteiger partial charge is 0.272 e. The maximum absolute atomic E-state index is 12.7. The van der Waals surface area contributed by atoms with Crippen molar-refractivity contribution in [2.45, 2.75) is 18.9 Å². The highest BCUT2D eigenvalue weighted by atomic mass is 16.2. The molecule has 3 heterocycles. The van der Waals surface area contributed by atoms with E-state index in [4.69, 9.17) is 0 Å². The van der Waals surface area contributed by atoms with Gasteiger partial charge in [-0.1, -0.05) is 12.1 Å². The molecule has 1 saturated heterocycles. The van der Waals surface area contributed by atoms with Gasteiger partial charge in [0.15, 0.2) is 5.69 Å². The van der Waals surface area contributed by atoms with Crippen LogP contribution in [0.4, 0.5) is 0 Å². The van der Waals surface area contributed by atoms with Gasteiger partial charge in [0.05, 0.1) is 5.52 Å². The minimum atomic E-state index is -0.114. The van der Waals surface area contributed by atoms with E-state index in [-0.39, 0.29) is 11.9 Å². The lowest BCUT2D eigenvalue weighted by Gasteiger charge is -2.29. The van der Waals surface area contributed by atoms with Crippen LogP contribution in [-0.4, -0.2) is 52.2 Å². The minimum absolute atomic E-state index is 0.114. The fourth-order valence-corrected chi connectivity index (χ4v) is 3.33. The lowest BCUT2D eigenvalue weighted by molar-refractivity contribution is 0.0912. The van der Waals surface area contributed by atoms with Gasteiger partial charge in [0.1, 0.15) is 0 Å². The van der Waals surface area contributed by atoms with E-state index in [1.54, 1.807) is 12.4 Å². The summed E-state index contributed by atoms with van der Waals surface area (Å²) in [7, 11) is 2.11. The Bertz CT molecular complexity index is 895. The van der Waals surface area contributed by atoms with E-state index >= 15 is 0 Å². The number of carbonyl (C=O) groups is 1. The third-order valence-electron chi connectivity index (χ3n) is 4.82. The molecular weight excluding hydrogens is 314 g/mol. The van der Waals surface area contributed by atoms with Crippen molar-refractivity contribution in [3.8, 4) is 11.1 Å². The molecular formula is C19H21N5O. The van der Waals surface area contributed by atoms with Crippen LogP contribution in [0.2, 0.25) is 0 Å². The highest BCUT2D eigenvalue weighted by molar-refractivity contribution is 6.00. The number of amides is 1. The number of hydrogen-bond acceptors (Lipinski definition) is 4. The van der Waals surface area contributed by atoms with E-state index in [9.17, 15) is 4.79 Å². The first-order valence-electron chi connectivity index (χ1n) is 8.59. The third kappa shape index (κ3) is 3.25. The van der Waals surface area contributed by atoms with Crippen molar-refractivity contribution < 1.29 is 4.79 Å². The van der Waals surface area contributed by atoms with Crippen LogP contribution < -0.4 is 5.32 Å². The lowest BCUT2D eigenvalue weighted by Crippen LogP contribution is -2.43. The fraction of sp³-hybridized carbons (Fsp3) is 0.316. The number of hydrogen-bond donors (Lipinski definition) is 2. The van der Waals surface area contributed by atoms with Gasteiger partial charge in [-0.25, -0.2) is 0 Å². The Morgan fingerprint density at radius 2 is 2.12 bits per heavy atom. The van der Waals surface area contributed by atoms with Gasteiger partial charge in [-0.15, -0.1) is 0 Å². The molecule has 2 aromatic heterocycles. The standard InChI is InChI=1S/C19H21N5O/c1-24-9-6-15(7-10-24)22-19(25)18-16(12-21-23-18)13-4-5-17-14(11-13)3-2-8-20-17/h2-5,8,11-12,15H,6-7,9-10H2,1H3,(H,21,23)(H,22,25). The minimum Gasteiger partial charge on any atom is -0.348 e. The van der Waals surface area contributed by atoms with Gasteiger partial charge in [0.2, 0.25) is 0 Å². The summed E-state index contributed by atoms with van der Waals surface area (Å²) in [6.45, 7) is 2.02. The molecule has 3 aromatic rings. The van der Waals surface area contributed by atoms with E-state index in [1.165, 1.54) is 0 Å². The monoisotopic (exact) mass is 335 g/mol. The molecule has 0 atom stereocenters. The summed E-state index contributed by atoms with van der Waals surface area (Å²) in [4.78, 5) is 19.3. The fourth-order valence-electron chi connectivity index (χ4n) is 3.33. The second kappa shape index (κ2) is 6.64. The summed E-state index contributed by atoms with van der Waals surface area (Å²) in [5.74, 6) is -0.114. The summed E-state index contributed by atoms with van der Waals surface area (Å²) < 4.78 is 0. The van der Waals surface area contributed by atoms with Crippen LogP contribution in [0, 0.1) is 0 Å². The maximum atomic E-state index is 12.7. The molecule has 1 aliphatic heterocycles. The van der Waals surface area contributed by atoms with Gasteiger partial charge < -0.3 is 10.2 Å². The molecule has 128 valence electrons. The molecule has 0 spiro atoms. The SMILES string of the molecule is CN1CCC(NC(=O)c2n[nH]cc2-c2ccc3ncccc3c2)CC1. The average Bonchev–Trinajstić information content (AvgIpc) is 3.13. The van der Waals surface area contributed by atoms with Crippen LogP contribution in [-0.2, 0) is 0 Å². The number of nitrogens with one attached hydrogen (secondary N) is 2. The number of benzene rings is 1. The predicted molar refractivity (Wildman–Crippen MR) is 97.3 cm³/mol. The lowest BCUT2D eigenvalue weighted by atomic mass is 10.0. The first-order valence-corrected chi connectivity index (χ1v) is 8.59. The normalized spacial score (nSPS) is 16.2. The second-order valence-corrected chi connectivity index (χ2v) is 6.61. The van der Waals surface area contributed by atoms with Gasteiger partial charge in [-0.3, -0.25) is 14.9 Å². The van der Waals surface area contributed by atoms with Gasteiger partial charge >= 0.3 is 0 Å². The molecule has 1 fully saturated rings. The van der Waals surface area contributed by atoms with E-state index in [0.717, 1.165) is 48.0 Å². The first-order chi connectivity index (χ1) is 12.2. The number of pyridine rings is 1. The van der Waals surface area contributed by atoms with E-state index < -0.39 is 0 Å². The molecule has 2 N–H and O–H groups in total. The molecule has 25 heavy (non-hydrogen) atoms. The van der Waals surface area contributed by atoms with Gasteiger partial charge in [0.25, 0.3) is 5.91 Å². The molecule has 1 aliphatic rings. The van der Waals surface area contributed by atoms with E-state index in [0.29, 0.717) is 5.69 Å². The largest absolute Gasteiger partial charge is 0.348 e. The molecule has 0 saturated carbocycles. The zero-order chi connectivity index (χ0) is 17.2. The topological polar surface area (TPSA) is 73.9 Å². The number of aromatic nitrogens is 3. The average molecular weight is 335 g/mol. The second-order valence-electron chi connectivity index (χ2n) is 6.61. The Morgan fingerprint density at radius 1 is 1.28 bits per heavy atom.